The molecular formula is C14H18N2O3. The number of fused-ring (bicyclic) bond motifs is 1. The Hall–Kier alpha value is -1.88. The van der Waals surface area contributed by atoms with Crippen molar-refractivity contribution in [3.8, 4) is 0 Å². The third-order valence-corrected chi connectivity index (χ3v) is 3.23. The number of nitrogens with zero attached hydrogens (tertiary/aromatic N) is 1. The van der Waals surface area contributed by atoms with Crippen LogP contribution in [0.1, 0.15) is 18.9 Å². The molecular weight excluding hydrogens is 244 g/mol. The number of carbonyl (C=O) groups is 2. The molecule has 1 heterocycles. The van der Waals surface area contributed by atoms with Crippen molar-refractivity contribution >= 4 is 17.6 Å². The van der Waals surface area contributed by atoms with Gasteiger partial charge >= 0.3 is 5.97 Å². The monoisotopic (exact) mass is 262 g/mol. The first-order valence-electron chi connectivity index (χ1n) is 6.48. The fraction of sp³-hybridized carbons (Fsp3) is 0.429. The number of carbonyl (C=O) groups excluding carboxylic acids is 1. The summed E-state index contributed by atoms with van der Waals surface area (Å²) in [5.74, 6) is -1.15. The number of carboxylic acid groups (broad SMARTS) is 1. The molecule has 5 heteroatoms. The first-order valence-corrected chi connectivity index (χ1v) is 6.48. The first kappa shape index (κ1) is 13.5. The number of amides is 1. The fourth-order valence-corrected chi connectivity index (χ4v) is 2.35. The second-order valence-electron chi connectivity index (χ2n) is 4.63. The highest BCUT2D eigenvalue weighted by atomic mass is 16.4. The van der Waals surface area contributed by atoms with Crippen molar-refractivity contribution in [1.29, 1.82) is 0 Å². The van der Waals surface area contributed by atoms with Gasteiger partial charge in [-0.25, -0.2) is 4.79 Å². The second-order valence-corrected chi connectivity index (χ2v) is 4.63. The van der Waals surface area contributed by atoms with E-state index in [-0.39, 0.29) is 12.5 Å². The average Bonchev–Trinajstić information content (AvgIpc) is 2.78. The Bertz CT molecular complexity index is 487. The highest BCUT2D eigenvalue weighted by molar-refractivity contribution is 6.02. The molecule has 0 bridgehead atoms. The Morgan fingerprint density at radius 3 is 2.84 bits per heavy atom. The quantitative estimate of drug-likeness (QED) is 0.778. The molecule has 2 N–H and O–H groups in total. The first-order chi connectivity index (χ1) is 9.15. The van der Waals surface area contributed by atoms with E-state index in [1.807, 2.05) is 25.1 Å². The summed E-state index contributed by atoms with van der Waals surface area (Å²) in [4.78, 5) is 24.9. The molecule has 0 aliphatic carbocycles. The molecule has 0 fully saturated rings. The van der Waals surface area contributed by atoms with Gasteiger partial charge in [-0.1, -0.05) is 25.1 Å². The number of anilines is 1. The lowest BCUT2D eigenvalue weighted by Crippen LogP contribution is -2.46. The zero-order chi connectivity index (χ0) is 13.8. The van der Waals surface area contributed by atoms with E-state index in [0.717, 1.165) is 24.2 Å². The van der Waals surface area contributed by atoms with E-state index in [4.69, 9.17) is 0 Å². The Kier molecular flexibility index (Phi) is 4.16. The number of carboxylic acids is 1. The highest BCUT2D eigenvalue weighted by Crippen LogP contribution is 2.32. The molecule has 1 unspecified atom stereocenters. The van der Waals surface area contributed by atoms with Gasteiger partial charge in [-0.15, -0.1) is 0 Å². The zero-order valence-corrected chi connectivity index (χ0v) is 10.9. The van der Waals surface area contributed by atoms with Crippen molar-refractivity contribution in [2.24, 2.45) is 0 Å². The van der Waals surface area contributed by atoms with Gasteiger partial charge in [0.05, 0.1) is 6.54 Å². The average molecular weight is 262 g/mol. The minimum absolute atomic E-state index is 0.173. The van der Waals surface area contributed by atoms with Crippen molar-refractivity contribution in [2.75, 3.05) is 18.0 Å². The summed E-state index contributed by atoms with van der Waals surface area (Å²) < 4.78 is 0. The normalized spacial score (nSPS) is 17.3. The molecule has 0 spiro atoms. The van der Waals surface area contributed by atoms with Crippen LogP contribution in [-0.4, -0.2) is 36.1 Å². The van der Waals surface area contributed by atoms with Crippen LogP contribution in [0.2, 0.25) is 0 Å². The number of nitrogens with one attached hydrogen (secondary N) is 1. The topological polar surface area (TPSA) is 69.6 Å². The van der Waals surface area contributed by atoms with E-state index in [0.29, 0.717) is 6.42 Å². The summed E-state index contributed by atoms with van der Waals surface area (Å²) in [7, 11) is 0. The van der Waals surface area contributed by atoms with E-state index in [2.05, 4.69) is 5.32 Å². The van der Waals surface area contributed by atoms with Gasteiger partial charge in [-0.2, -0.15) is 0 Å². The lowest BCUT2D eigenvalue weighted by Gasteiger charge is -2.22. The van der Waals surface area contributed by atoms with E-state index in [9.17, 15) is 14.7 Å². The van der Waals surface area contributed by atoms with E-state index in [1.54, 1.807) is 6.07 Å². The lowest BCUT2D eigenvalue weighted by atomic mass is 10.1. The minimum Gasteiger partial charge on any atom is -0.480 e. The smallest absolute Gasteiger partial charge is 0.327 e. The van der Waals surface area contributed by atoms with Crippen molar-refractivity contribution in [3.05, 3.63) is 29.8 Å². The summed E-state index contributed by atoms with van der Waals surface area (Å²) >= 11 is 0. The third kappa shape index (κ3) is 2.76. The molecule has 1 aromatic carbocycles. The van der Waals surface area contributed by atoms with Crippen molar-refractivity contribution in [1.82, 2.24) is 5.32 Å². The van der Waals surface area contributed by atoms with Gasteiger partial charge in [-0.3, -0.25) is 9.69 Å². The molecule has 1 atom stereocenters. The predicted octanol–water partition coefficient (Wildman–Crippen LogP) is 1.03. The fourth-order valence-electron chi connectivity index (χ4n) is 2.35. The lowest BCUT2D eigenvalue weighted by molar-refractivity contribution is -0.139. The second kappa shape index (κ2) is 5.84. The minimum atomic E-state index is -0.958. The van der Waals surface area contributed by atoms with Crippen LogP contribution in [0.3, 0.4) is 0 Å². The Labute approximate surface area is 112 Å². The maximum atomic E-state index is 12.2. The van der Waals surface area contributed by atoms with Crippen LogP contribution in [0, 0.1) is 0 Å². The van der Waals surface area contributed by atoms with Crippen molar-refractivity contribution in [2.45, 2.75) is 25.8 Å². The van der Waals surface area contributed by atoms with Crippen LogP contribution in [0.25, 0.3) is 0 Å². The largest absolute Gasteiger partial charge is 0.480 e. The maximum absolute atomic E-state index is 12.2. The van der Waals surface area contributed by atoms with Crippen molar-refractivity contribution in [3.63, 3.8) is 0 Å². The van der Waals surface area contributed by atoms with Gasteiger partial charge in [0.25, 0.3) is 0 Å². The van der Waals surface area contributed by atoms with Crippen LogP contribution < -0.4 is 10.2 Å². The van der Waals surface area contributed by atoms with E-state index in [1.165, 1.54) is 4.90 Å². The molecule has 1 aliphatic rings. The summed E-state index contributed by atoms with van der Waals surface area (Å²) in [6.45, 7) is 2.94. The van der Waals surface area contributed by atoms with E-state index < -0.39 is 12.0 Å². The van der Waals surface area contributed by atoms with Crippen LogP contribution in [0.15, 0.2) is 24.3 Å². The van der Waals surface area contributed by atoms with Gasteiger partial charge < -0.3 is 10.4 Å². The number of hydrogen-bond acceptors (Lipinski definition) is 3. The van der Waals surface area contributed by atoms with Gasteiger partial charge in [0.2, 0.25) is 5.91 Å². The van der Waals surface area contributed by atoms with Crippen molar-refractivity contribution < 1.29 is 14.7 Å². The number of benzene rings is 1. The number of hydrogen-bond donors (Lipinski definition) is 2. The molecule has 0 aromatic heterocycles. The Morgan fingerprint density at radius 2 is 2.16 bits per heavy atom. The third-order valence-electron chi connectivity index (χ3n) is 3.23. The summed E-state index contributed by atoms with van der Waals surface area (Å²) in [6, 6.07) is 6.58. The molecule has 1 aromatic rings. The number of aliphatic carboxylic acids is 1. The molecule has 1 amide bonds. The van der Waals surface area contributed by atoms with Gasteiger partial charge in [0.15, 0.2) is 0 Å². The molecule has 0 saturated heterocycles. The van der Waals surface area contributed by atoms with Crippen LogP contribution in [0.4, 0.5) is 5.69 Å². The molecule has 2 rings (SSSR count). The molecule has 1 aliphatic heterocycles. The number of para-hydroxylation sites is 1. The highest BCUT2D eigenvalue weighted by Gasteiger charge is 2.37. The standard InChI is InChI=1S/C14H18N2O3/c1-2-7-15-9-13(17)16-11-6-4-3-5-10(11)8-12(16)14(18)19/h3-6,12,15H,2,7-9H2,1H3,(H,18,19). The summed E-state index contributed by atoms with van der Waals surface area (Å²) in [6.07, 6.45) is 1.32. The van der Waals surface area contributed by atoms with E-state index >= 15 is 0 Å². The predicted molar refractivity (Wildman–Crippen MR) is 72.2 cm³/mol. The zero-order valence-electron chi connectivity index (χ0n) is 10.9. The molecule has 0 saturated carbocycles. The van der Waals surface area contributed by atoms with Crippen LogP contribution >= 0.6 is 0 Å². The Balaban J connectivity index is 2.19. The van der Waals surface area contributed by atoms with Gasteiger partial charge in [0, 0.05) is 12.1 Å². The molecule has 102 valence electrons. The Morgan fingerprint density at radius 1 is 1.42 bits per heavy atom. The van der Waals surface area contributed by atoms with Crippen LogP contribution in [0.5, 0.6) is 0 Å². The summed E-state index contributed by atoms with van der Waals surface area (Å²) in [5.41, 5.74) is 1.64. The SMILES string of the molecule is CCCNCC(=O)N1c2ccccc2CC1C(=O)O. The maximum Gasteiger partial charge on any atom is 0.327 e. The van der Waals surface area contributed by atoms with Crippen LogP contribution in [-0.2, 0) is 16.0 Å². The molecule has 0 radical (unpaired) electrons. The molecule has 5 nitrogen and oxygen atoms in total. The summed E-state index contributed by atoms with van der Waals surface area (Å²) in [5, 5.41) is 12.3. The van der Waals surface area contributed by atoms with Gasteiger partial charge in [0.1, 0.15) is 6.04 Å². The number of rotatable bonds is 5. The van der Waals surface area contributed by atoms with Gasteiger partial charge in [-0.05, 0) is 24.6 Å². The molecule has 19 heavy (non-hydrogen) atoms.